The van der Waals surface area contributed by atoms with Crippen LogP contribution < -0.4 is 5.32 Å². The molecule has 118 valence electrons. The highest BCUT2D eigenvalue weighted by Gasteiger charge is 2.04. The van der Waals surface area contributed by atoms with Crippen molar-refractivity contribution < 1.29 is 4.79 Å². The van der Waals surface area contributed by atoms with Crippen LogP contribution >= 0.6 is 23.2 Å². The van der Waals surface area contributed by atoms with E-state index in [0.29, 0.717) is 22.2 Å². The molecule has 0 unspecified atom stereocenters. The molecule has 0 atom stereocenters. The van der Waals surface area contributed by atoms with Gasteiger partial charge in [0.2, 0.25) is 5.91 Å². The Kier molecular flexibility index (Phi) is 9.53. The second kappa shape index (κ2) is 10.9. The molecule has 0 aliphatic carbocycles. The van der Waals surface area contributed by atoms with E-state index < -0.39 is 0 Å². The van der Waals surface area contributed by atoms with Crippen molar-refractivity contribution in [3.05, 3.63) is 28.2 Å². The van der Waals surface area contributed by atoms with Gasteiger partial charge in [0.15, 0.2) is 0 Å². The Morgan fingerprint density at radius 3 is 2.19 bits per heavy atom. The second-order valence-corrected chi connectivity index (χ2v) is 6.22. The van der Waals surface area contributed by atoms with Crippen molar-refractivity contribution in [1.29, 1.82) is 0 Å². The summed E-state index contributed by atoms with van der Waals surface area (Å²) in [5.41, 5.74) is 0.703. The average Bonchev–Trinajstić information content (AvgIpc) is 2.46. The Morgan fingerprint density at radius 2 is 1.57 bits per heavy atom. The number of amides is 1. The van der Waals surface area contributed by atoms with Crippen LogP contribution in [0.15, 0.2) is 18.2 Å². The Bertz CT molecular complexity index is 435. The van der Waals surface area contributed by atoms with E-state index in [-0.39, 0.29) is 5.91 Å². The monoisotopic (exact) mass is 329 g/mol. The standard InChI is InChI=1S/C17H25Cl2NO/c1-2-3-4-5-6-7-8-9-10-17(21)20-14-11-12-15(18)16(19)13-14/h11-13H,2-10H2,1H3,(H,20,21). The van der Waals surface area contributed by atoms with Crippen molar-refractivity contribution in [1.82, 2.24) is 0 Å². The van der Waals surface area contributed by atoms with Crippen LogP contribution in [0.3, 0.4) is 0 Å². The largest absolute Gasteiger partial charge is 0.326 e. The molecule has 21 heavy (non-hydrogen) atoms. The number of carbonyl (C=O) groups is 1. The summed E-state index contributed by atoms with van der Waals surface area (Å²) < 4.78 is 0. The van der Waals surface area contributed by atoms with Gasteiger partial charge in [0.25, 0.3) is 0 Å². The van der Waals surface area contributed by atoms with E-state index in [1.807, 2.05) is 0 Å². The smallest absolute Gasteiger partial charge is 0.224 e. The number of unbranched alkanes of at least 4 members (excludes halogenated alkanes) is 7. The predicted octanol–water partition coefficient (Wildman–Crippen LogP) is 6.46. The summed E-state index contributed by atoms with van der Waals surface area (Å²) in [7, 11) is 0. The summed E-state index contributed by atoms with van der Waals surface area (Å²) in [6.07, 6.45) is 10.4. The van der Waals surface area contributed by atoms with E-state index in [0.717, 1.165) is 12.8 Å². The fourth-order valence-electron chi connectivity index (χ4n) is 2.22. The third kappa shape index (κ3) is 8.33. The molecule has 2 nitrogen and oxygen atoms in total. The topological polar surface area (TPSA) is 29.1 Å². The Morgan fingerprint density at radius 1 is 0.952 bits per heavy atom. The number of carbonyl (C=O) groups excluding carboxylic acids is 1. The van der Waals surface area contributed by atoms with Gasteiger partial charge in [0.05, 0.1) is 10.0 Å². The average molecular weight is 330 g/mol. The number of rotatable bonds is 10. The molecule has 0 spiro atoms. The summed E-state index contributed by atoms with van der Waals surface area (Å²) in [6.45, 7) is 2.23. The highest BCUT2D eigenvalue weighted by atomic mass is 35.5. The zero-order valence-corrected chi connectivity index (χ0v) is 14.3. The Balaban J connectivity index is 2.10. The SMILES string of the molecule is CCCCCCCCCCC(=O)Nc1ccc(Cl)c(Cl)c1. The summed E-state index contributed by atoms with van der Waals surface area (Å²) in [5.74, 6) is 0.0411. The van der Waals surface area contributed by atoms with Crippen LogP contribution in [0.2, 0.25) is 10.0 Å². The van der Waals surface area contributed by atoms with E-state index in [1.54, 1.807) is 18.2 Å². The Labute approximate surface area is 138 Å². The molecular weight excluding hydrogens is 305 g/mol. The lowest BCUT2D eigenvalue weighted by atomic mass is 10.1. The molecule has 1 N–H and O–H groups in total. The second-order valence-electron chi connectivity index (χ2n) is 5.40. The van der Waals surface area contributed by atoms with Gasteiger partial charge in [-0.1, -0.05) is 75.1 Å². The van der Waals surface area contributed by atoms with E-state index in [4.69, 9.17) is 23.2 Å². The highest BCUT2D eigenvalue weighted by molar-refractivity contribution is 6.42. The number of benzene rings is 1. The molecule has 0 heterocycles. The molecule has 0 saturated heterocycles. The van der Waals surface area contributed by atoms with Gasteiger partial charge >= 0.3 is 0 Å². The molecule has 1 aromatic carbocycles. The molecule has 0 fully saturated rings. The van der Waals surface area contributed by atoms with Crippen molar-refractivity contribution in [3.63, 3.8) is 0 Å². The van der Waals surface area contributed by atoms with Crippen molar-refractivity contribution in [2.24, 2.45) is 0 Å². The maximum Gasteiger partial charge on any atom is 0.224 e. The number of hydrogen-bond acceptors (Lipinski definition) is 1. The van der Waals surface area contributed by atoms with E-state index in [9.17, 15) is 4.79 Å². The van der Waals surface area contributed by atoms with Crippen molar-refractivity contribution in [3.8, 4) is 0 Å². The zero-order chi connectivity index (χ0) is 15.5. The van der Waals surface area contributed by atoms with Crippen LogP contribution in [0.1, 0.15) is 64.7 Å². The fraction of sp³-hybridized carbons (Fsp3) is 0.588. The van der Waals surface area contributed by atoms with E-state index >= 15 is 0 Å². The van der Waals surface area contributed by atoms with Gasteiger partial charge in [-0.2, -0.15) is 0 Å². The number of anilines is 1. The molecule has 0 aliphatic heterocycles. The third-order valence-electron chi connectivity index (χ3n) is 3.46. The van der Waals surface area contributed by atoms with Crippen LogP contribution in [0.4, 0.5) is 5.69 Å². The molecule has 1 rings (SSSR count). The molecule has 0 radical (unpaired) electrons. The number of hydrogen-bond donors (Lipinski definition) is 1. The molecule has 4 heteroatoms. The molecule has 0 aliphatic rings. The minimum absolute atomic E-state index is 0.0411. The van der Waals surface area contributed by atoms with Gasteiger partial charge in [-0.3, -0.25) is 4.79 Å². The lowest BCUT2D eigenvalue weighted by Gasteiger charge is -2.06. The zero-order valence-electron chi connectivity index (χ0n) is 12.8. The van der Waals surface area contributed by atoms with E-state index in [1.165, 1.54) is 38.5 Å². The summed E-state index contributed by atoms with van der Waals surface area (Å²) >= 11 is 11.7. The molecule has 1 aromatic rings. The summed E-state index contributed by atoms with van der Waals surface area (Å²) in [4.78, 5) is 11.8. The third-order valence-corrected chi connectivity index (χ3v) is 4.20. The van der Waals surface area contributed by atoms with Gasteiger partial charge in [-0.25, -0.2) is 0 Å². The lowest BCUT2D eigenvalue weighted by Crippen LogP contribution is -2.10. The Hall–Kier alpha value is -0.730. The molecule has 0 aromatic heterocycles. The first-order chi connectivity index (χ1) is 10.1. The van der Waals surface area contributed by atoms with E-state index in [2.05, 4.69) is 12.2 Å². The van der Waals surface area contributed by atoms with Crippen molar-refractivity contribution >= 4 is 34.8 Å². The fourth-order valence-corrected chi connectivity index (χ4v) is 2.51. The van der Waals surface area contributed by atoms with Crippen LogP contribution in [0.5, 0.6) is 0 Å². The van der Waals surface area contributed by atoms with Crippen LogP contribution in [0, 0.1) is 0 Å². The first-order valence-corrected chi connectivity index (χ1v) is 8.64. The molecular formula is C17H25Cl2NO. The van der Waals surface area contributed by atoms with Gasteiger partial charge in [0, 0.05) is 12.1 Å². The number of nitrogens with one attached hydrogen (secondary N) is 1. The summed E-state index contributed by atoms with van der Waals surface area (Å²) in [6, 6.07) is 5.13. The lowest BCUT2D eigenvalue weighted by molar-refractivity contribution is -0.116. The van der Waals surface area contributed by atoms with Crippen molar-refractivity contribution in [2.45, 2.75) is 64.7 Å². The molecule has 1 amide bonds. The van der Waals surface area contributed by atoms with Crippen LogP contribution in [-0.4, -0.2) is 5.91 Å². The summed E-state index contributed by atoms with van der Waals surface area (Å²) in [5, 5.41) is 3.80. The minimum Gasteiger partial charge on any atom is -0.326 e. The van der Waals surface area contributed by atoms with Crippen LogP contribution in [0.25, 0.3) is 0 Å². The first kappa shape index (κ1) is 18.3. The maximum atomic E-state index is 11.8. The predicted molar refractivity (Wildman–Crippen MR) is 92.3 cm³/mol. The first-order valence-electron chi connectivity index (χ1n) is 7.88. The highest BCUT2D eigenvalue weighted by Crippen LogP contribution is 2.25. The van der Waals surface area contributed by atoms with Gasteiger partial charge in [-0.05, 0) is 24.6 Å². The van der Waals surface area contributed by atoms with Gasteiger partial charge in [-0.15, -0.1) is 0 Å². The normalized spacial score (nSPS) is 10.6. The van der Waals surface area contributed by atoms with Crippen LogP contribution in [-0.2, 0) is 4.79 Å². The van der Waals surface area contributed by atoms with Gasteiger partial charge < -0.3 is 5.32 Å². The maximum absolute atomic E-state index is 11.8. The number of halogens is 2. The van der Waals surface area contributed by atoms with Gasteiger partial charge in [0.1, 0.15) is 0 Å². The van der Waals surface area contributed by atoms with Crippen molar-refractivity contribution in [2.75, 3.05) is 5.32 Å². The minimum atomic E-state index is 0.0411. The molecule has 0 saturated carbocycles. The molecule has 0 bridgehead atoms. The quantitative estimate of drug-likeness (QED) is 0.490.